The summed E-state index contributed by atoms with van der Waals surface area (Å²) in [7, 11) is 1.62. The number of hydrogen-bond acceptors (Lipinski definition) is 9. The van der Waals surface area contributed by atoms with Crippen molar-refractivity contribution in [3.8, 4) is 5.75 Å². The summed E-state index contributed by atoms with van der Waals surface area (Å²) in [4.78, 5) is 26.1. The number of allylic oxidation sites excluding steroid dienone is 3. The molecule has 3 aromatic rings. The molecule has 0 atom stereocenters. The standard InChI is InChI=1S/C41H50BF2N3O8/c1-7-53-37(48)27-45(28-38(49)54-8-2)34-14-9-32(10-15-34)11-16-35-26-30(4)41-39(40-29(3)25-31(5)46(40)42(43,44)47(35)41)33-12-17-36(18-13-33)55-24-23-52-22-21-51-20-19-50-6/h9-18,25-26H,7-8,19-24,27-28H2,1-6H3/b16-11+. The predicted molar refractivity (Wildman–Crippen MR) is 209 cm³/mol. The second-order valence-electron chi connectivity index (χ2n) is 13.1. The molecule has 2 aliphatic heterocycles. The van der Waals surface area contributed by atoms with Gasteiger partial charge in [-0.25, -0.2) is 0 Å². The van der Waals surface area contributed by atoms with Crippen LogP contribution in [0.3, 0.4) is 0 Å². The molecule has 0 N–H and O–H groups in total. The number of nitrogens with zero attached hydrogens (tertiary/aromatic N) is 3. The van der Waals surface area contributed by atoms with Crippen LogP contribution in [0.4, 0.5) is 14.3 Å². The van der Waals surface area contributed by atoms with Crippen LogP contribution < -0.4 is 9.64 Å². The lowest BCUT2D eigenvalue weighted by molar-refractivity contribution is -0.362. The van der Waals surface area contributed by atoms with Crippen molar-refractivity contribution in [1.82, 2.24) is 4.48 Å². The van der Waals surface area contributed by atoms with Crippen LogP contribution in [-0.4, -0.2) is 107 Å². The van der Waals surface area contributed by atoms with E-state index in [1.54, 1.807) is 81.3 Å². The van der Waals surface area contributed by atoms with E-state index < -0.39 is 18.9 Å². The lowest BCUT2D eigenvalue weighted by Gasteiger charge is -2.34. The molecule has 11 nitrogen and oxygen atoms in total. The number of aromatic nitrogens is 1. The fourth-order valence-corrected chi connectivity index (χ4v) is 6.84. The molecule has 0 aliphatic carbocycles. The molecule has 55 heavy (non-hydrogen) atoms. The molecule has 5 rings (SSSR count). The minimum absolute atomic E-state index is 0.134. The molecule has 14 heteroatoms. The summed E-state index contributed by atoms with van der Waals surface area (Å²) in [6, 6.07) is 16.4. The van der Waals surface area contributed by atoms with Gasteiger partial charge in [0.25, 0.3) is 0 Å². The number of halogens is 2. The van der Waals surface area contributed by atoms with Gasteiger partial charge in [0.1, 0.15) is 25.4 Å². The van der Waals surface area contributed by atoms with Crippen molar-refractivity contribution in [1.29, 1.82) is 0 Å². The Balaban J connectivity index is 1.40. The molecule has 0 radical (unpaired) electrons. The van der Waals surface area contributed by atoms with Crippen LogP contribution in [-0.2, 0) is 33.3 Å². The Hall–Kier alpha value is -5.05. The highest BCUT2D eigenvalue weighted by Gasteiger charge is 2.55. The van der Waals surface area contributed by atoms with Gasteiger partial charge in [-0.1, -0.05) is 24.3 Å². The Kier molecular flexibility index (Phi) is 14.2. The summed E-state index contributed by atoms with van der Waals surface area (Å²) in [5.41, 5.74) is 6.10. The number of hydrogen-bond donors (Lipinski definition) is 0. The summed E-state index contributed by atoms with van der Waals surface area (Å²) in [6.07, 6.45) is 5.25. The zero-order valence-electron chi connectivity index (χ0n) is 32.4. The first kappa shape index (κ1) is 41.1. The first-order chi connectivity index (χ1) is 26.5. The van der Waals surface area contributed by atoms with Gasteiger partial charge in [-0.2, -0.15) is 0 Å². The van der Waals surface area contributed by atoms with Crippen molar-refractivity contribution in [3.05, 3.63) is 106 Å². The highest BCUT2D eigenvalue weighted by Crippen LogP contribution is 2.44. The van der Waals surface area contributed by atoms with Gasteiger partial charge in [0.2, 0.25) is 0 Å². The van der Waals surface area contributed by atoms with Crippen molar-refractivity contribution >= 4 is 42.0 Å². The number of aryl methyl sites for hydroxylation is 2. The number of methoxy groups -OCH3 is 1. The maximum Gasteiger partial charge on any atom is 0.737 e. The van der Waals surface area contributed by atoms with Crippen LogP contribution in [0.2, 0.25) is 0 Å². The lowest BCUT2D eigenvalue weighted by atomic mass is 9.84. The number of rotatable bonds is 20. The smallest absolute Gasteiger partial charge is 0.491 e. The maximum absolute atomic E-state index is 16.8. The Bertz CT molecular complexity index is 1930. The van der Waals surface area contributed by atoms with Crippen LogP contribution in [0.1, 0.15) is 48.8 Å². The number of anilines is 1. The Morgan fingerprint density at radius 3 is 2.02 bits per heavy atom. The van der Waals surface area contributed by atoms with Gasteiger partial charge in [-0.05, 0) is 93.4 Å². The SMILES string of the molecule is CCOC(=O)CN(CC(=O)OCC)c1ccc(/C=C/C2=[N+]3C(=C(c4ccc(OCCOCCOCCOC)cc4)c4c(C)cc(C)n4[B-]3(F)F)C(C)=C2)cc1. The number of carbonyl (C=O) groups excluding carboxylic acids is 2. The van der Waals surface area contributed by atoms with E-state index in [1.165, 1.54) is 4.48 Å². The van der Waals surface area contributed by atoms with Gasteiger partial charge in [0.15, 0.2) is 11.4 Å². The summed E-state index contributed by atoms with van der Waals surface area (Å²) in [5, 5.41) is 0. The number of fused-ring (bicyclic) bond motifs is 2. The molecule has 2 aromatic carbocycles. The van der Waals surface area contributed by atoms with E-state index in [0.29, 0.717) is 85.0 Å². The quantitative estimate of drug-likeness (QED) is 0.0756. The van der Waals surface area contributed by atoms with Crippen LogP contribution in [0.15, 0.2) is 78.0 Å². The lowest BCUT2D eigenvalue weighted by Crippen LogP contribution is -2.51. The summed E-state index contributed by atoms with van der Waals surface area (Å²) in [6.45, 7) is 7.49. The Morgan fingerprint density at radius 2 is 1.42 bits per heavy atom. The zero-order chi connectivity index (χ0) is 39.5. The molecule has 0 saturated carbocycles. The summed E-state index contributed by atoms with van der Waals surface area (Å²) in [5.74, 6) is -0.299. The topological polar surface area (TPSA) is 101 Å². The molecule has 3 heterocycles. The molecule has 294 valence electrons. The molecule has 0 bridgehead atoms. The third-order valence-electron chi connectivity index (χ3n) is 9.17. The predicted octanol–water partition coefficient (Wildman–Crippen LogP) is 6.22. The molecule has 1 aromatic heterocycles. The normalized spacial score (nSPS) is 14.6. The molecule has 0 amide bonds. The molecular weight excluding hydrogens is 711 g/mol. The van der Waals surface area contributed by atoms with E-state index in [9.17, 15) is 9.59 Å². The summed E-state index contributed by atoms with van der Waals surface area (Å²) < 4.78 is 67.9. The van der Waals surface area contributed by atoms with Crippen molar-refractivity contribution in [2.24, 2.45) is 0 Å². The second kappa shape index (κ2) is 19.0. The van der Waals surface area contributed by atoms with Gasteiger partial charge < -0.3 is 50.9 Å². The van der Waals surface area contributed by atoms with E-state index in [0.717, 1.165) is 21.2 Å². The second-order valence-corrected chi connectivity index (χ2v) is 13.1. The van der Waals surface area contributed by atoms with Crippen molar-refractivity contribution in [3.63, 3.8) is 0 Å². The Labute approximate surface area is 321 Å². The fourth-order valence-electron chi connectivity index (χ4n) is 6.84. The van der Waals surface area contributed by atoms with E-state index in [2.05, 4.69) is 0 Å². The van der Waals surface area contributed by atoms with Gasteiger partial charge in [-0.15, -0.1) is 0 Å². The van der Waals surface area contributed by atoms with E-state index >= 15 is 8.63 Å². The monoisotopic (exact) mass is 761 g/mol. The molecule has 2 aliphatic rings. The van der Waals surface area contributed by atoms with E-state index in [4.69, 9.17) is 28.4 Å². The number of carbonyl (C=O) groups is 2. The van der Waals surface area contributed by atoms with E-state index in [1.807, 2.05) is 38.1 Å². The molecular formula is C41H50BF2N3O8. The zero-order valence-corrected chi connectivity index (χ0v) is 32.4. The highest BCUT2D eigenvalue weighted by molar-refractivity contribution is 6.58. The number of esters is 2. The average Bonchev–Trinajstić information content (AvgIpc) is 3.66. The van der Waals surface area contributed by atoms with Gasteiger partial charge in [-0.3, -0.25) is 9.59 Å². The van der Waals surface area contributed by atoms with Gasteiger partial charge in [0.05, 0.1) is 51.8 Å². The first-order valence-electron chi connectivity index (χ1n) is 18.5. The van der Waals surface area contributed by atoms with Gasteiger partial charge >= 0.3 is 18.9 Å². The molecule has 0 fully saturated rings. The summed E-state index contributed by atoms with van der Waals surface area (Å²) >= 11 is 0. The fraction of sp³-hybridized carbons (Fsp3) is 0.390. The Morgan fingerprint density at radius 1 is 0.818 bits per heavy atom. The van der Waals surface area contributed by atoms with Crippen LogP contribution in [0, 0.1) is 13.8 Å². The molecule has 0 unspecified atom stereocenters. The van der Waals surface area contributed by atoms with Crippen LogP contribution >= 0.6 is 0 Å². The van der Waals surface area contributed by atoms with Crippen molar-refractivity contribution in [2.45, 2.75) is 34.6 Å². The minimum Gasteiger partial charge on any atom is -0.491 e. The van der Waals surface area contributed by atoms with Crippen molar-refractivity contribution < 1.29 is 51.1 Å². The van der Waals surface area contributed by atoms with Crippen molar-refractivity contribution in [2.75, 3.05) is 78.0 Å². The molecule has 0 saturated heterocycles. The average molecular weight is 762 g/mol. The van der Waals surface area contributed by atoms with Crippen LogP contribution in [0.5, 0.6) is 5.75 Å². The van der Waals surface area contributed by atoms with E-state index in [-0.39, 0.29) is 26.3 Å². The third-order valence-corrected chi connectivity index (χ3v) is 9.17. The maximum atomic E-state index is 16.8. The minimum atomic E-state index is -4.25. The van der Waals surface area contributed by atoms with Gasteiger partial charge in [0, 0.05) is 36.2 Å². The first-order valence-corrected chi connectivity index (χ1v) is 18.5. The molecule has 0 spiro atoms. The van der Waals surface area contributed by atoms with Crippen LogP contribution in [0.25, 0.3) is 11.6 Å². The third kappa shape index (κ3) is 9.80. The number of ether oxygens (including phenoxy) is 6. The highest BCUT2D eigenvalue weighted by atomic mass is 19.2. The largest absolute Gasteiger partial charge is 0.737 e. The number of benzene rings is 2.